The second-order valence-electron chi connectivity index (χ2n) is 16.1. The smallest absolute Gasteiger partial charge is 0.251 e. The van der Waals surface area contributed by atoms with Gasteiger partial charge in [-0.15, -0.1) is 0 Å². The molecule has 5 atom stereocenters. The van der Waals surface area contributed by atoms with Gasteiger partial charge < -0.3 is 41.1 Å². The number of rotatable bonds is 25. The van der Waals surface area contributed by atoms with Crippen LogP contribution in [0.15, 0.2) is 54.6 Å². The van der Waals surface area contributed by atoms with Gasteiger partial charge in [0.2, 0.25) is 23.6 Å². The first-order valence-electron chi connectivity index (χ1n) is 22.1. The maximum atomic E-state index is 14.4. The van der Waals surface area contributed by atoms with E-state index in [9.17, 15) is 33.9 Å². The van der Waals surface area contributed by atoms with Gasteiger partial charge in [0.1, 0.15) is 23.9 Å². The molecular formula is C46H67N5O9. The highest BCUT2D eigenvalue weighted by atomic mass is 16.5. The summed E-state index contributed by atoms with van der Waals surface area (Å²) >= 11 is 0. The van der Waals surface area contributed by atoms with Gasteiger partial charge in [-0.05, 0) is 80.5 Å². The minimum Gasteiger partial charge on any atom is -0.494 e. The molecule has 14 nitrogen and oxygen atoms in total. The van der Waals surface area contributed by atoms with Crippen LogP contribution in [0.1, 0.15) is 127 Å². The quantitative estimate of drug-likeness (QED) is 0.0793. The Morgan fingerprint density at radius 1 is 0.817 bits per heavy atom. The van der Waals surface area contributed by atoms with E-state index in [0.29, 0.717) is 69.4 Å². The van der Waals surface area contributed by atoms with Crippen molar-refractivity contribution >= 4 is 35.3 Å². The highest BCUT2D eigenvalue weighted by Crippen LogP contribution is 2.30. The fourth-order valence-electron chi connectivity index (χ4n) is 8.14. The minimum absolute atomic E-state index is 0.0410. The Hall–Kier alpha value is -4.82. The van der Waals surface area contributed by atoms with Gasteiger partial charge in [-0.25, -0.2) is 0 Å². The van der Waals surface area contributed by atoms with Crippen molar-refractivity contribution < 1.29 is 43.7 Å². The second kappa shape index (κ2) is 25.7. The number of aliphatic hydroxyl groups excluding tert-OH is 2. The molecule has 0 radical (unpaired) electrons. The molecule has 4 rings (SSSR count). The molecule has 2 fully saturated rings. The average molecular weight is 834 g/mol. The van der Waals surface area contributed by atoms with E-state index in [1.807, 2.05) is 38.1 Å². The second-order valence-corrected chi connectivity index (χ2v) is 16.1. The SMILES string of the molecule is CCCCCC(=O)C(NC(=O)CNC(=O)C(O)C(CCC)NC(=O)C1CCCN1C(=O)C(NC(=O)Cc1cccc(OCCCCO)c1)C1CCCCC1)c1ccccc1. The van der Waals surface area contributed by atoms with Crippen LogP contribution in [0.5, 0.6) is 5.75 Å². The molecule has 1 saturated heterocycles. The van der Waals surface area contributed by atoms with Crippen LogP contribution in [0.25, 0.3) is 0 Å². The summed E-state index contributed by atoms with van der Waals surface area (Å²) in [6.07, 6.45) is 8.76. The number of nitrogens with zero attached hydrogens (tertiary/aromatic N) is 1. The van der Waals surface area contributed by atoms with Gasteiger partial charge in [-0.3, -0.25) is 28.8 Å². The van der Waals surface area contributed by atoms with Crippen LogP contribution in [0.2, 0.25) is 0 Å². The van der Waals surface area contributed by atoms with Gasteiger partial charge in [0.05, 0.1) is 25.6 Å². The van der Waals surface area contributed by atoms with Gasteiger partial charge in [0, 0.05) is 19.6 Å². The lowest BCUT2D eigenvalue weighted by atomic mass is 9.83. The van der Waals surface area contributed by atoms with Gasteiger partial charge in [-0.2, -0.15) is 0 Å². The fraction of sp³-hybridized carbons (Fsp3) is 0.609. The molecule has 0 bridgehead atoms. The molecule has 1 heterocycles. The standard InChI is InChI=1S/C46H67N5O9/c1-3-5-8-25-38(53)41(33-19-9-6-10-20-33)50-40(55)31-47-45(58)43(56)36(17-4-2)48-44(57)37-24-16-26-51(37)46(59)42(34-21-11-7-12-22-34)49-39(54)30-32-18-15-23-35(29-32)60-28-14-13-27-52/h6,9-10,15,18-20,23,29,34,36-37,41-43,52,56H,3-5,7-8,11-14,16-17,21-22,24-28,30-31H2,1-2H3,(H,47,58)(H,48,57)(H,49,54)(H,50,55). The first-order chi connectivity index (χ1) is 29.1. The molecule has 2 aliphatic rings. The normalized spacial score (nSPS) is 17.5. The van der Waals surface area contributed by atoms with Crippen molar-refractivity contribution in [2.75, 3.05) is 26.3 Å². The average Bonchev–Trinajstić information content (AvgIpc) is 3.76. The van der Waals surface area contributed by atoms with E-state index in [0.717, 1.165) is 50.5 Å². The number of nitrogens with one attached hydrogen (secondary N) is 4. The van der Waals surface area contributed by atoms with Gasteiger partial charge in [0.15, 0.2) is 11.9 Å². The Bertz CT molecular complexity index is 1680. The van der Waals surface area contributed by atoms with Crippen molar-refractivity contribution in [2.24, 2.45) is 5.92 Å². The Labute approximate surface area is 355 Å². The summed E-state index contributed by atoms with van der Waals surface area (Å²) in [7, 11) is 0. The summed E-state index contributed by atoms with van der Waals surface area (Å²) in [6.45, 7) is 4.28. The van der Waals surface area contributed by atoms with E-state index in [2.05, 4.69) is 21.3 Å². The van der Waals surface area contributed by atoms with Crippen LogP contribution in [-0.4, -0.2) is 101 Å². The number of hydrogen-bond acceptors (Lipinski definition) is 9. The first kappa shape index (κ1) is 47.9. The van der Waals surface area contributed by atoms with Crippen molar-refractivity contribution in [3.8, 4) is 5.75 Å². The molecule has 5 amide bonds. The number of ketones is 1. The van der Waals surface area contributed by atoms with E-state index >= 15 is 0 Å². The molecule has 1 saturated carbocycles. The molecule has 0 spiro atoms. The molecule has 2 aromatic rings. The first-order valence-corrected chi connectivity index (χ1v) is 22.1. The number of benzene rings is 2. The van der Waals surface area contributed by atoms with Gasteiger partial charge in [0.25, 0.3) is 5.91 Å². The van der Waals surface area contributed by atoms with Crippen LogP contribution in [0, 0.1) is 5.92 Å². The number of aliphatic hydroxyl groups is 2. The summed E-state index contributed by atoms with van der Waals surface area (Å²) in [4.78, 5) is 82.7. The number of likely N-dealkylation sites (tertiary alicyclic amines) is 1. The lowest BCUT2D eigenvalue weighted by Crippen LogP contribution is -2.58. The summed E-state index contributed by atoms with van der Waals surface area (Å²) in [5.74, 6) is -2.18. The van der Waals surface area contributed by atoms with Crippen molar-refractivity contribution in [1.29, 1.82) is 0 Å². The zero-order valence-corrected chi connectivity index (χ0v) is 35.5. The Morgan fingerprint density at radius 3 is 2.30 bits per heavy atom. The van der Waals surface area contributed by atoms with Crippen LogP contribution >= 0.6 is 0 Å². The van der Waals surface area contributed by atoms with Crippen molar-refractivity contribution in [3.05, 3.63) is 65.7 Å². The number of ether oxygens (including phenoxy) is 1. The maximum Gasteiger partial charge on any atom is 0.251 e. The third-order valence-electron chi connectivity index (χ3n) is 11.4. The summed E-state index contributed by atoms with van der Waals surface area (Å²) in [6, 6.07) is 12.6. The summed E-state index contributed by atoms with van der Waals surface area (Å²) in [5.41, 5.74) is 1.37. The van der Waals surface area contributed by atoms with Crippen molar-refractivity contribution in [3.63, 3.8) is 0 Å². The maximum absolute atomic E-state index is 14.4. The van der Waals surface area contributed by atoms with Crippen LogP contribution in [0.4, 0.5) is 0 Å². The molecular weight excluding hydrogens is 767 g/mol. The lowest BCUT2D eigenvalue weighted by molar-refractivity contribution is -0.143. The fourth-order valence-corrected chi connectivity index (χ4v) is 8.14. The molecule has 14 heteroatoms. The van der Waals surface area contributed by atoms with E-state index in [1.165, 1.54) is 4.90 Å². The summed E-state index contributed by atoms with van der Waals surface area (Å²) in [5, 5.41) is 31.2. The zero-order valence-electron chi connectivity index (χ0n) is 35.5. The largest absolute Gasteiger partial charge is 0.494 e. The predicted molar refractivity (Wildman–Crippen MR) is 228 cm³/mol. The minimum atomic E-state index is -1.69. The molecule has 330 valence electrons. The Balaban J connectivity index is 1.37. The third kappa shape index (κ3) is 15.0. The topological polar surface area (TPSA) is 203 Å². The molecule has 1 aliphatic heterocycles. The predicted octanol–water partition coefficient (Wildman–Crippen LogP) is 4.21. The van der Waals surface area contributed by atoms with Crippen molar-refractivity contribution in [1.82, 2.24) is 26.2 Å². The molecule has 0 aromatic heterocycles. The highest BCUT2D eigenvalue weighted by molar-refractivity contribution is 5.94. The number of hydrogen-bond donors (Lipinski definition) is 6. The van der Waals surface area contributed by atoms with Gasteiger partial charge in [-0.1, -0.05) is 94.8 Å². The van der Waals surface area contributed by atoms with Gasteiger partial charge >= 0.3 is 0 Å². The van der Waals surface area contributed by atoms with Crippen molar-refractivity contribution in [2.45, 2.75) is 147 Å². The summed E-state index contributed by atoms with van der Waals surface area (Å²) < 4.78 is 5.78. The van der Waals surface area contributed by atoms with E-state index < -0.39 is 54.5 Å². The zero-order chi connectivity index (χ0) is 43.3. The lowest BCUT2D eigenvalue weighted by Gasteiger charge is -2.35. The third-order valence-corrected chi connectivity index (χ3v) is 11.4. The number of amides is 5. The Kier molecular flexibility index (Phi) is 20.5. The van der Waals surface area contributed by atoms with Crippen LogP contribution in [-0.2, 0) is 35.2 Å². The van der Waals surface area contributed by atoms with E-state index in [1.54, 1.807) is 30.3 Å². The molecule has 5 unspecified atom stereocenters. The highest BCUT2D eigenvalue weighted by Gasteiger charge is 2.42. The molecule has 60 heavy (non-hydrogen) atoms. The van der Waals surface area contributed by atoms with Crippen LogP contribution < -0.4 is 26.0 Å². The van der Waals surface area contributed by atoms with E-state index in [4.69, 9.17) is 9.84 Å². The Morgan fingerprint density at radius 2 is 1.58 bits per heavy atom. The molecule has 2 aromatic carbocycles. The molecule has 6 N–H and O–H groups in total. The van der Waals surface area contributed by atoms with E-state index in [-0.39, 0.29) is 43.0 Å². The molecule has 1 aliphatic carbocycles. The number of Topliss-reactive ketones (excluding diaryl/α,β-unsaturated/α-hetero) is 1. The number of carbonyl (C=O) groups excluding carboxylic acids is 6. The van der Waals surface area contributed by atoms with Crippen LogP contribution in [0.3, 0.4) is 0 Å². The monoisotopic (exact) mass is 833 g/mol. The number of unbranched alkanes of at least 4 members (excludes halogenated alkanes) is 3. The number of carbonyl (C=O) groups is 6.